The molecular formula is C11H16O. The molecule has 2 unspecified atom stereocenters. The van der Waals surface area contributed by atoms with E-state index in [-0.39, 0.29) is 5.41 Å². The van der Waals surface area contributed by atoms with Crippen molar-refractivity contribution in [2.24, 2.45) is 17.3 Å². The van der Waals surface area contributed by atoms with Gasteiger partial charge in [-0.1, -0.05) is 25.5 Å². The Labute approximate surface area is 73.8 Å². The molecule has 0 aromatic rings. The number of ketones is 1. The fourth-order valence-electron chi connectivity index (χ4n) is 2.63. The van der Waals surface area contributed by atoms with Crippen molar-refractivity contribution in [3.05, 3.63) is 11.6 Å². The number of carbonyl (C=O) groups excluding carboxylic acids is 1. The Kier molecular flexibility index (Phi) is 1.48. The lowest BCUT2D eigenvalue weighted by atomic mass is 9.53. The van der Waals surface area contributed by atoms with Crippen molar-refractivity contribution in [3.8, 4) is 0 Å². The van der Waals surface area contributed by atoms with E-state index in [0.29, 0.717) is 17.6 Å². The topological polar surface area (TPSA) is 17.1 Å². The van der Waals surface area contributed by atoms with Gasteiger partial charge in [-0.3, -0.25) is 4.79 Å². The first-order valence-electron chi connectivity index (χ1n) is 4.73. The van der Waals surface area contributed by atoms with Crippen LogP contribution in [-0.4, -0.2) is 5.78 Å². The van der Waals surface area contributed by atoms with E-state index in [4.69, 9.17) is 0 Å². The van der Waals surface area contributed by atoms with Gasteiger partial charge in [-0.2, -0.15) is 0 Å². The Balaban J connectivity index is 2.30. The predicted octanol–water partition coefficient (Wildman–Crippen LogP) is 2.57. The minimum absolute atomic E-state index is 0.269. The molecule has 1 nitrogen and oxygen atoms in total. The van der Waals surface area contributed by atoms with Crippen LogP contribution in [0.15, 0.2) is 11.6 Å². The van der Waals surface area contributed by atoms with Crippen LogP contribution >= 0.6 is 0 Å². The number of rotatable bonds is 0. The molecule has 0 amide bonds. The zero-order valence-electron chi connectivity index (χ0n) is 8.05. The molecule has 3 aliphatic carbocycles. The molecule has 3 rings (SSSR count). The van der Waals surface area contributed by atoms with Crippen LogP contribution in [0.25, 0.3) is 0 Å². The predicted molar refractivity (Wildman–Crippen MR) is 48.8 cm³/mol. The smallest absolute Gasteiger partial charge is 0.140 e. The zero-order chi connectivity index (χ0) is 8.93. The number of hydrogen-bond donors (Lipinski definition) is 0. The highest BCUT2D eigenvalue weighted by Crippen LogP contribution is 2.54. The molecule has 2 bridgehead atoms. The number of hydrogen-bond acceptors (Lipinski definition) is 1. The summed E-state index contributed by atoms with van der Waals surface area (Å²) in [5, 5.41) is 0. The molecule has 0 heterocycles. The second-order valence-corrected chi connectivity index (χ2v) is 4.82. The maximum absolute atomic E-state index is 11.6. The largest absolute Gasteiger partial charge is 0.299 e. The van der Waals surface area contributed by atoms with E-state index in [9.17, 15) is 4.79 Å². The molecular weight excluding hydrogens is 148 g/mol. The third-order valence-electron chi connectivity index (χ3n) is 3.71. The third kappa shape index (κ3) is 0.825. The second-order valence-electron chi connectivity index (χ2n) is 4.82. The highest BCUT2D eigenvalue weighted by molar-refractivity contribution is 5.92. The van der Waals surface area contributed by atoms with Gasteiger partial charge in [0.2, 0.25) is 0 Å². The summed E-state index contributed by atoms with van der Waals surface area (Å²) >= 11 is 0. The van der Waals surface area contributed by atoms with E-state index in [1.54, 1.807) is 0 Å². The van der Waals surface area contributed by atoms with E-state index in [1.165, 1.54) is 5.57 Å². The summed E-state index contributed by atoms with van der Waals surface area (Å²) in [6.45, 7) is 6.61. The van der Waals surface area contributed by atoms with Gasteiger partial charge >= 0.3 is 0 Å². The summed E-state index contributed by atoms with van der Waals surface area (Å²) in [6.07, 6.45) is 4.23. The summed E-state index contributed by atoms with van der Waals surface area (Å²) < 4.78 is 0. The Morgan fingerprint density at radius 1 is 1.42 bits per heavy atom. The number of fused-ring (bicyclic) bond motifs is 2. The standard InChI is InChI=1S/C11H16O/c1-7-4-5-8-10(12)9(6-7)11(8,2)3/h4,8-9H,5-6H2,1-3H3. The molecule has 1 saturated carbocycles. The van der Waals surface area contributed by atoms with Gasteiger partial charge in [0.25, 0.3) is 0 Å². The van der Waals surface area contributed by atoms with Crippen molar-refractivity contribution >= 4 is 5.78 Å². The quantitative estimate of drug-likeness (QED) is 0.503. The van der Waals surface area contributed by atoms with Gasteiger partial charge in [-0.15, -0.1) is 0 Å². The van der Waals surface area contributed by atoms with Gasteiger partial charge in [-0.05, 0) is 25.2 Å². The highest BCUT2D eigenvalue weighted by Gasteiger charge is 2.55. The summed E-state index contributed by atoms with van der Waals surface area (Å²) in [6, 6.07) is 0. The van der Waals surface area contributed by atoms with E-state index in [0.717, 1.165) is 12.8 Å². The second kappa shape index (κ2) is 2.21. The lowest BCUT2D eigenvalue weighted by Crippen LogP contribution is -2.53. The van der Waals surface area contributed by atoms with Crippen LogP contribution < -0.4 is 0 Å². The van der Waals surface area contributed by atoms with E-state index in [2.05, 4.69) is 26.8 Å². The molecule has 1 heteroatoms. The first kappa shape index (κ1) is 8.03. The van der Waals surface area contributed by atoms with Crippen molar-refractivity contribution in [1.82, 2.24) is 0 Å². The van der Waals surface area contributed by atoms with Gasteiger partial charge in [-0.25, -0.2) is 0 Å². The van der Waals surface area contributed by atoms with Crippen LogP contribution in [0.1, 0.15) is 33.6 Å². The Morgan fingerprint density at radius 3 is 2.67 bits per heavy atom. The van der Waals surface area contributed by atoms with Crippen LogP contribution in [0, 0.1) is 17.3 Å². The molecule has 1 fully saturated rings. The van der Waals surface area contributed by atoms with Crippen LogP contribution in [0.3, 0.4) is 0 Å². The SMILES string of the molecule is CC1=CCC2C(=O)C(C1)C2(C)C. The summed E-state index contributed by atoms with van der Waals surface area (Å²) in [5.74, 6) is 1.15. The molecule has 0 N–H and O–H groups in total. The number of carbonyl (C=O) groups is 1. The van der Waals surface area contributed by atoms with E-state index >= 15 is 0 Å². The van der Waals surface area contributed by atoms with Crippen LogP contribution in [0.4, 0.5) is 0 Å². The Hall–Kier alpha value is -0.590. The highest BCUT2D eigenvalue weighted by atomic mass is 16.1. The molecule has 0 spiro atoms. The van der Waals surface area contributed by atoms with E-state index in [1.807, 2.05) is 0 Å². The minimum atomic E-state index is 0.269. The van der Waals surface area contributed by atoms with Gasteiger partial charge in [0.1, 0.15) is 5.78 Å². The molecule has 3 aliphatic rings. The van der Waals surface area contributed by atoms with E-state index < -0.39 is 0 Å². The van der Waals surface area contributed by atoms with Gasteiger partial charge in [0.05, 0.1) is 0 Å². The molecule has 0 radical (unpaired) electrons. The normalized spacial score (nSPS) is 38.2. The fourth-order valence-corrected chi connectivity index (χ4v) is 2.63. The van der Waals surface area contributed by atoms with Crippen molar-refractivity contribution in [3.63, 3.8) is 0 Å². The van der Waals surface area contributed by atoms with Crippen LogP contribution in [0.2, 0.25) is 0 Å². The zero-order valence-corrected chi connectivity index (χ0v) is 8.05. The number of allylic oxidation sites excluding steroid dienone is 2. The van der Waals surface area contributed by atoms with Gasteiger partial charge < -0.3 is 0 Å². The Bertz CT molecular complexity index is 260. The summed E-state index contributed by atoms with van der Waals surface area (Å²) in [5.41, 5.74) is 1.67. The molecule has 0 aromatic heterocycles. The van der Waals surface area contributed by atoms with Gasteiger partial charge in [0.15, 0.2) is 0 Å². The van der Waals surface area contributed by atoms with Crippen molar-refractivity contribution in [2.75, 3.05) is 0 Å². The monoisotopic (exact) mass is 164 g/mol. The average molecular weight is 164 g/mol. The third-order valence-corrected chi connectivity index (χ3v) is 3.71. The summed E-state index contributed by atoms with van der Waals surface area (Å²) in [4.78, 5) is 11.6. The molecule has 0 aromatic carbocycles. The molecule has 12 heavy (non-hydrogen) atoms. The maximum Gasteiger partial charge on any atom is 0.140 e. The van der Waals surface area contributed by atoms with Crippen molar-refractivity contribution < 1.29 is 4.79 Å². The molecule has 2 atom stereocenters. The van der Waals surface area contributed by atoms with Crippen molar-refractivity contribution in [2.45, 2.75) is 33.6 Å². The summed E-state index contributed by atoms with van der Waals surface area (Å²) in [7, 11) is 0. The maximum atomic E-state index is 11.6. The number of Topliss-reactive ketones (excluding diaryl/α,β-unsaturated/α-hetero) is 1. The lowest BCUT2D eigenvalue weighted by Gasteiger charge is -2.49. The van der Waals surface area contributed by atoms with Gasteiger partial charge in [0, 0.05) is 11.8 Å². The Morgan fingerprint density at radius 2 is 2.08 bits per heavy atom. The van der Waals surface area contributed by atoms with Crippen LogP contribution in [0.5, 0.6) is 0 Å². The lowest BCUT2D eigenvalue weighted by molar-refractivity contribution is -0.151. The van der Waals surface area contributed by atoms with Crippen LogP contribution in [-0.2, 0) is 4.79 Å². The fraction of sp³-hybridized carbons (Fsp3) is 0.727. The first-order chi connectivity index (χ1) is 5.53. The minimum Gasteiger partial charge on any atom is -0.299 e. The van der Waals surface area contributed by atoms with Crippen molar-refractivity contribution in [1.29, 1.82) is 0 Å². The molecule has 66 valence electrons. The molecule has 0 saturated heterocycles. The first-order valence-corrected chi connectivity index (χ1v) is 4.73. The average Bonchev–Trinajstić information content (AvgIpc) is 2.19. The molecule has 0 aliphatic heterocycles.